The Morgan fingerprint density at radius 3 is 2.58 bits per heavy atom. The molecule has 0 aromatic heterocycles. The number of benzene rings is 1. The average Bonchev–Trinajstić information content (AvgIpc) is 3.09. The number of aromatic carboxylic acids is 1. The van der Waals surface area contributed by atoms with Crippen molar-refractivity contribution in [3.8, 4) is 11.4 Å². The van der Waals surface area contributed by atoms with Crippen molar-refractivity contribution in [2.24, 2.45) is 7.05 Å². The van der Waals surface area contributed by atoms with Gasteiger partial charge in [-0.15, -0.1) is 54.4 Å². The van der Waals surface area contributed by atoms with Crippen LogP contribution < -0.4 is 0 Å². The normalized spacial score (nSPS) is 10.9. The molecule has 4 rings (SSSR count). The van der Waals surface area contributed by atoms with Gasteiger partial charge >= 0.3 is 0 Å². The monoisotopic (exact) mass is 502 g/mol. The van der Waals surface area contributed by atoms with E-state index in [4.69, 9.17) is 5.11 Å². The number of carboxylic acid groups (broad SMARTS) is 1. The number of hydrogen-bond acceptors (Lipinski definition) is 1. The minimum Gasteiger partial charge on any atom is -0.521 e. The molecule has 7 heteroatoms. The number of aromatic nitrogens is 4. The third kappa shape index (κ3) is 2.85. The Morgan fingerprint density at radius 1 is 1.12 bits per heavy atom. The molecule has 6 nitrogen and oxygen atoms in total. The fraction of sp³-hybridized carbons (Fsp3) is 0.118. The van der Waals surface area contributed by atoms with Crippen molar-refractivity contribution in [3.63, 3.8) is 0 Å². The molecule has 0 amide bonds. The zero-order chi connectivity index (χ0) is 16.0. The Labute approximate surface area is 153 Å². The Morgan fingerprint density at radius 2 is 1.83 bits per heavy atom. The number of carboxylic acids is 1. The zero-order valence-electron chi connectivity index (χ0n) is 12.9. The standard InChI is InChI=1S/C17H15N4O2.Pt/c1-18-9-15-5-6-16-10-19(12-21(16)20(15)11-18)8-13-3-2-4-14(7-13)17(22)23;/h2-6,9-12H,8H2,1H3,(H,22,23);/q-3;. The SMILES string of the molecule is Cn1cc2ccc3cn(Cc4[c-]c(C(=O)O)ccc4)[cH-]n-3n-2[cH-]1.[Pt]. The molecule has 0 saturated carbocycles. The predicted molar refractivity (Wildman–Crippen MR) is 84.6 cm³/mol. The maximum absolute atomic E-state index is 11.0. The average molecular weight is 502 g/mol. The summed E-state index contributed by atoms with van der Waals surface area (Å²) in [5.41, 5.74) is 3.18. The van der Waals surface area contributed by atoms with Gasteiger partial charge in [-0.05, 0) is 19.7 Å². The Hall–Kier alpha value is -2.46. The number of rotatable bonds is 3. The summed E-state index contributed by atoms with van der Waals surface area (Å²) in [5, 5.41) is 9.06. The van der Waals surface area contributed by atoms with Gasteiger partial charge in [0.05, 0.1) is 0 Å². The Bertz CT molecular complexity index is 959. The van der Waals surface area contributed by atoms with Crippen molar-refractivity contribution in [3.05, 3.63) is 72.6 Å². The van der Waals surface area contributed by atoms with E-state index in [1.165, 1.54) is 0 Å². The van der Waals surface area contributed by atoms with Gasteiger partial charge in [-0.25, -0.2) is 0 Å². The van der Waals surface area contributed by atoms with Gasteiger partial charge in [-0.1, -0.05) is 16.9 Å². The van der Waals surface area contributed by atoms with Crippen LogP contribution >= 0.6 is 0 Å². The summed E-state index contributed by atoms with van der Waals surface area (Å²) in [6, 6.07) is 12.2. The van der Waals surface area contributed by atoms with Gasteiger partial charge < -0.3 is 28.4 Å². The fourth-order valence-corrected chi connectivity index (χ4v) is 2.80. The van der Waals surface area contributed by atoms with Crippen LogP contribution in [0.4, 0.5) is 0 Å². The molecule has 0 bridgehead atoms. The van der Waals surface area contributed by atoms with E-state index in [0.717, 1.165) is 16.9 Å². The van der Waals surface area contributed by atoms with Crippen LogP contribution in [0.25, 0.3) is 11.4 Å². The van der Waals surface area contributed by atoms with Gasteiger partial charge in [0.25, 0.3) is 0 Å². The summed E-state index contributed by atoms with van der Waals surface area (Å²) in [6.07, 6.45) is 8.07. The quantitative estimate of drug-likeness (QED) is 0.438. The maximum atomic E-state index is 11.0. The molecular weight excluding hydrogens is 487 g/mol. The van der Waals surface area contributed by atoms with Gasteiger partial charge in [0.1, 0.15) is 0 Å². The molecule has 0 fully saturated rings. The largest absolute Gasteiger partial charge is 0.521 e. The molecule has 1 N–H and O–H groups in total. The van der Waals surface area contributed by atoms with Crippen molar-refractivity contribution < 1.29 is 31.0 Å². The smallest absolute Gasteiger partial charge is 0.247 e. The molecular formula is C17H15N4O2Pt-3. The van der Waals surface area contributed by atoms with Crippen LogP contribution in [0.2, 0.25) is 0 Å². The van der Waals surface area contributed by atoms with Crippen molar-refractivity contribution in [2.45, 2.75) is 6.54 Å². The molecule has 0 atom stereocenters. The van der Waals surface area contributed by atoms with Crippen LogP contribution in [0, 0.1) is 6.07 Å². The molecule has 0 saturated heterocycles. The summed E-state index contributed by atoms with van der Waals surface area (Å²) in [7, 11) is 1.99. The number of imidazole rings is 2. The van der Waals surface area contributed by atoms with E-state index < -0.39 is 5.97 Å². The van der Waals surface area contributed by atoms with E-state index >= 15 is 0 Å². The van der Waals surface area contributed by atoms with Crippen molar-refractivity contribution in [2.75, 3.05) is 0 Å². The molecule has 0 unspecified atom stereocenters. The van der Waals surface area contributed by atoms with E-state index in [1.54, 1.807) is 12.1 Å². The maximum Gasteiger partial charge on any atom is 0.247 e. The van der Waals surface area contributed by atoms with Gasteiger partial charge in [0.2, 0.25) is 5.97 Å². The minimum atomic E-state index is -0.958. The first-order chi connectivity index (χ1) is 11.1. The number of carbonyl (C=O) groups is 1. The van der Waals surface area contributed by atoms with Gasteiger partial charge in [0.15, 0.2) is 0 Å². The number of aryl methyl sites for hydroxylation is 1. The second-order valence-electron chi connectivity index (χ2n) is 5.59. The number of nitrogens with zero attached hydrogens (tertiary/aromatic N) is 4. The van der Waals surface area contributed by atoms with E-state index in [0.29, 0.717) is 6.54 Å². The second-order valence-corrected chi connectivity index (χ2v) is 5.59. The van der Waals surface area contributed by atoms with Gasteiger partial charge in [-0.2, -0.15) is 0 Å². The predicted octanol–water partition coefficient (Wildman–Crippen LogP) is 2.39. The third-order valence-electron chi connectivity index (χ3n) is 3.81. The molecule has 128 valence electrons. The van der Waals surface area contributed by atoms with Crippen LogP contribution in [0.1, 0.15) is 15.9 Å². The summed E-state index contributed by atoms with van der Waals surface area (Å²) in [5.74, 6) is -0.958. The van der Waals surface area contributed by atoms with E-state index in [9.17, 15) is 4.79 Å². The second kappa shape index (κ2) is 6.21. The molecule has 3 heterocycles. The van der Waals surface area contributed by atoms with Crippen LogP contribution in [-0.4, -0.2) is 29.6 Å². The molecule has 0 spiro atoms. The molecule has 0 aliphatic carbocycles. The molecule has 3 aliphatic rings. The summed E-state index contributed by atoms with van der Waals surface area (Å²) in [4.78, 5) is 11.0. The fourth-order valence-electron chi connectivity index (χ4n) is 2.80. The van der Waals surface area contributed by atoms with Crippen LogP contribution in [0.15, 0.2) is 55.4 Å². The first kappa shape index (κ1) is 16.4. The van der Waals surface area contributed by atoms with E-state index in [1.807, 2.05) is 47.3 Å². The summed E-state index contributed by atoms with van der Waals surface area (Å²) in [6.45, 7) is 0.567. The number of hydrogen-bond donors (Lipinski definition) is 1. The molecule has 3 aliphatic heterocycles. The van der Waals surface area contributed by atoms with Crippen LogP contribution in [0.3, 0.4) is 0 Å². The summed E-state index contributed by atoms with van der Waals surface area (Å²) < 4.78 is 8.13. The van der Waals surface area contributed by atoms with Crippen molar-refractivity contribution >= 4 is 5.97 Å². The molecule has 1 aromatic carbocycles. The zero-order valence-corrected chi connectivity index (χ0v) is 15.1. The minimum absolute atomic E-state index is 0. The first-order valence-electron chi connectivity index (χ1n) is 7.22. The molecule has 1 aromatic rings. The van der Waals surface area contributed by atoms with Crippen LogP contribution in [0.5, 0.6) is 0 Å². The molecule has 24 heavy (non-hydrogen) atoms. The Balaban J connectivity index is 0.00000169. The topological polar surface area (TPSA) is 57.0 Å². The van der Waals surface area contributed by atoms with Gasteiger partial charge in [0, 0.05) is 27.6 Å². The number of fused-ring (bicyclic) bond motifs is 3. The van der Waals surface area contributed by atoms with Crippen molar-refractivity contribution in [1.29, 1.82) is 0 Å². The van der Waals surface area contributed by atoms with Crippen molar-refractivity contribution in [1.82, 2.24) is 18.5 Å². The Kier molecular flexibility index (Phi) is 4.24. The van der Waals surface area contributed by atoms with Crippen LogP contribution in [-0.2, 0) is 34.7 Å². The third-order valence-corrected chi connectivity index (χ3v) is 3.81. The summed E-state index contributed by atoms with van der Waals surface area (Å²) >= 11 is 0. The first-order valence-corrected chi connectivity index (χ1v) is 7.22. The molecule has 0 radical (unpaired) electrons. The van der Waals surface area contributed by atoms with E-state index in [-0.39, 0.29) is 26.6 Å². The van der Waals surface area contributed by atoms with Gasteiger partial charge in [-0.3, -0.25) is 0 Å². The van der Waals surface area contributed by atoms with E-state index in [2.05, 4.69) is 27.6 Å².